The molecule has 0 radical (unpaired) electrons. The Kier molecular flexibility index (Phi) is 4.44. The monoisotopic (exact) mass is 220 g/mol. The molecule has 0 amide bonds. The number of rotatable bonds is 4. The van der Waals surface area contributed by atoms with Crippen LogP contribution >= 0.6 is 0 Å². The van der Waals surface area contributed by atoms with E-state index in [1.165, 1.54) is 44.1 Å². The Hall–Kier alpha value is -0.480. The van der Waals surface area contributed by atoms with Crippen molar-refractivity contribution in [1.82, 2.24) is 0 Å². The predicted octanol–water partition coefficient (Wildman–Crippen LogP) is 5.49. The van der Waals surface area contributed by atoms with E-state index in [4.69, 9.17) is 0 Å². The molecular weight excluding hydrogens is 192 g/mol. The summed E-state index contributed by atoms with van der Waals surface area (Å²) in [6.07, 6.45) is 9.40. The molecule has 0 N–H and O–H groups in total. The van der Waals surface area contributed by atoms with Gasteiger partial charge >= 0.3 is 0 Å². The SMILES string of the molecule is C=C=C(CCC1(C)CCCC1)CC(C)(C)C. The third kappa shape index (κ3) is 4.58. The highest BCUT2D eigenvalue weighted by molar-refractivity contribution is 5.03. The smallest absolute Gasteiger partial charge is 0.0195 e. The molecule has 16 heavy (non-hydrogen) atoms. The van der Waals surface area contributed by atoms with Crippen LogP contribution in [0.15, 0.2) is 17.9 Å². The van der Waals surface area contributed by atoms with Crippen LogP contribution in [0.25, 0.3) is 0 Å². The van der Waals surface area contributed by atoms with Crippen LogP contribution in [0.5, 0.6) is 0 Å². The number of allylic oxidation sites excluding steroid dienone is 1. The van der Waals surface area contributed by atoms with Crippen molar-refractivity contribution in [1.29, 1.82) is 0 Å². The molecule has 0 bridgehead atoms. The summed E-state index contributed by atoms with van der Waals surface area (Å²) in [5, 5.41) is 0. The van der Waals surface area contributed by atoms with Gasteiger partial charge in [0.2, 0.25) is 0 Å². The topological polar surface area (TPSA) is 0 Å². The van der Waals surface area contributed by atoms with Gasteiger partial charge in [-0.3, -0.25) is 0 Å². The molecule has 0 unspecified atom stereocenters. The standard InChI is InChI=1S/C16H28/c1-6-14(13-15(2,3)4)9-12-16(5)10-7-8-11-16/h1,7-13H2,2-5H3. The van der Waals surface area contributed by atoms with Crippen molar-refractivity contribution >= 4 is 0 Å². The Labute approximate surface area is 102 Å². The van der Waals surface area contributed by atoms with Gasteiger partial charge in [0.15, 0.2) is 0 Å². The molecular formula is C16H28. The highest BCUT2D eigenvalue weighted by Gasteiger charge is 2.28. The zero-order valence-corrected chi connectivity index (χ0v) is 11.7. The van der Waals surface area contributed by atoms with E-state index in [1.807, 2.05) is 0 Å². The van der Waals surface area contributed by atoms with Gasteiger partial charge in [-0.15, -0.1) is 5.73 Å². The van der Waals surface area contributed by atoms with E-state index < -0.39 is 0 Å². The molecule has 0 nitrogen and oxygen atoms in total. The molecule has 0 spiro atoms. The van der Waals surface area contributed by atoms with Crippen LogP contribution in [-0.2, 0) is 0 Å². The zero-order chi connectivity index (χ0) is 12.2. The first kappa shape index (κ1) is 13.6. The average molecular weight is 220 g/mol. The summed E-state index contributed by atoms with van der Waals surface area (Å²) in [4.78, 5) is 0. The lowest BCUT2D eigenvalue weighted by Crippen LogP contribution is -2.12. The summed E-state index contributed by atoms with van der Waals surface area (Å²) in [6, 6.07) is 0. The Bertz CT molecular complexity index is 265. The normalized spacial score (nSPS) is 19.5. The third-order valence-electron chi connectivity index (χ3n) is 3.83. The van der Waals surface area contributed by atoms with Gasteiger partial charge in [0.1, 0.15) is 0 Å². The van der Waals surface area contributed by atoms with E-state index in [-0.39, 0.29) is 0 Å². The lowest BCUT2D eigenvalue weighted by Gasteiger charge is -2.25. The fraction of sp³-hybridized carbons (Fsp3) is 0.812. The highest BCUT2D eigenvalue weighted by Crippen LogP contribution is 2.42. The van der Waals surface area contributed by atoms with Crippen LogP contribution < -0.4 is 0 Å². The van der Waals surface area contributed by atoms with Crippen molar-refractivity contribution < 1.29 is 0 Å². The molecule has 0 saturated heterocycles. The van der Waals surface area contributed by atoms with Gasteiger partial charge in [0, 0.05) is 0 Å². The second-order valence-electron chi connectivity index (χ2n) is 7.04. The van der Waals surface area contributed by atoms with Gasteiger partial charge in [0.05, 0.1) is 0 Å². The second-order valence-corrected chi connectivity index (χ2v) is 7.04. The first-order valence-corrected chi connectivity index (χ1v) is 6.72. The Morgan fingerprint density at radius 3 is 2.25 bits per heavy atom. The van der Waals surface area contributed by atoms with E-state index in [0.29, 0.717) is 10.8 Å². The minimum absolute atomic E-state index is 0.372. The zero-order valence-electron chi connectivity index (χ0n) is 11.7. The van der Waals surface area contributed by atoms with Crippen LogP contribution in [0.3, 0.4) is 0 Å². The van der Waals surface area contributed by atoms with E-state index in [9.17, 15) is 0 Å². The molecule has 92 valence electrons. The average Bonchev–Trinajstić information content (AvgIpc) is 2.58. The van der Waals surface area contributed by atoms with Gasteiger partial charge in [-0.25, -0.2) is 0 Å². The minimum atomic E-state index is 0.372. The third-order valence-corrected chi connectivity index (χ3v) is 3.83. The Morgan fingerprint density at radius 2 is 1.81 bits per heavy atom. The maximum atomic E-state index is 3.85. The van der Waals surface area contributed by atoms with Crippen molar-refractivity contribution in [2.45, 2.75) is 72.6 Å². The maximum absolute atomic E-state index is 3.85. The van der Waals surface area contributed by atoms with Gasteiger partial charge in [-0.2, -0.15) is 0 Å². The summed E-state index contributed by atoms with van der Waals surface area (Å²) >= 11 is 0. The number of hydrogen-bond donors (Lipinski definition) is 0. The van der Waals surface area contributed by atoms with Gasteiger partial charge in [-0.1, -0.05) is 47.1 Å². The lowest BCUT2D eigenvalue weighted by atomic mass is 9.80. The van der Waals surface area contributed by atoms with Crippen LogP contribution in [0.4, 0.5) is 0 Å². The fourth-order valence-electron chi connectivity index (χ4n) is 2.81. The summed E-state index contributed by atoms with van der Waals surface area (Å²) in [5.41, 5.74) is 5.58. The van der Waals surface area contributed by atoms with Crippen molar-refractivity contribution in [2.75, 3.05) is 0 Å². The van der Waals surface area contributed by atoms with Crippen LogP contribution in [0, 0.1) is 10.8 Å². The van der Waals surface area contributed by atoms with E-state index in [1.54, 1.807) is 0 Å². The van der Waals surface area contributed by atoms with E-state index >= 15 is 0 Å². The molecule has 0 heteroatoms. The molecule has 1 fully saturated rings. The molecule has 0 aromatic rings. The molecule has 0 aromatic heterocycles. The molecule has 1 aliphatic rings. The first-order valence-electron chi connectivity index (χ1n) is 6.72. The first-order chi connectivity index (χ1) is 7.35. The Morgan fingerprint density at radius 1 is 1.25 bits per heavy atom. The van der Waals surface area contributed by atoms with Crippen LogP contribution in [0.1, 0.15) is 72.6 Å². The second kappa shape index (κ2) is 5.23. The van der Waals surface area contributed by atoms with Gasteiger partial charge in [-0.05, 0) is 48.5 Å². The maximum Gasteiger partial charge on any atom is -0.0195 e. The molecule has 0 atom stereocenters. The van der Waals surface area contributed by atoms with Crippen LogP contribution in [-0.4, -0.2) is 0 Å². The van der Waals surface area contributed by atoms with E-state index in [0.717, 1.165) is 6.42 Å². The van der Waals surface area contributed by atoms with E-state index in [2.05, 4.69) is 40.0 Å². The molecule has 1 saturated carbocycles. The Balaban J connectivity index is 2.43. The van der Waals surface area contributed by atoms with Crippen LogP contribution in [0.2, 0.25) is 0 Å². The van der Waals surface area contributed by atoms with Crippen molar-refractivity contribution in [2.24, 2.45) is 10.8 Å². The van der Waals surface area contributed by atoms with Crippen molar-refractivity contribution in [3.8, 4) is 0 Å². The summed E-state index contributed by atoms with van der Waals surface area (Å²) in [5.74, 6) is 0. The summed E-state index contributed by atoms with van der Waals surface area (Å²) in [7, 11) is 0. The highest BCUT2D eigenvalue weighted by atomic mass is 14.3. The molecule has 1 rings (SSSR count). The summed E-state index contributed by atoms with van der Waals surface area (Å²) < 4.78 is 0. The fourth-order valence-corrected chi connectivity index (χ4v) is 2.81. The molecule has 0 aliphatic heterocycles. The molecule has 1 aliphatic carbocycles. The molecule has 0 heterocycles. The van der Waals surface area contributed by atoms with Crippen molar-refractivity contribution in [3.05, 3.63) is 17.9 Å². The largest absolute Gasteiger partial charge is 0.130 e. The predicted molar refractivity (Wildman–Crippen MR) is 72.5 cm³/mol. The molecule has 0 aromatic carbocycles. The van der Waals surface area contributed by atoms with Gasteiger partial charge < -0.3 is 0 Å². The quantitative estimate of drug-likeness (QED) is 0.549. The number of hydrogen-bond acceptors (Lipinski definition) is 0. The minimum Gasteiger partial charge on any atom is -0.130 e. The van der Waals surface area contributed by atoms with Gasteiger partial charge in [0.25, 0.3) is 0 Å². The van der Waals surface area contributed by atoms with Crippen molar-refractivity contribution in [3.63, 3.8) is 0 Å². The summed E-state index contributed by atoms with van der Waals surface area (Å²) in [6.45, 7) is 13.2. The lowest BCUT2D eigenvalue weighted by molar-refractivity contribution is 0.301.